The van der Waals surface area contributed by atoms with Crippen LogP contribution in [0.4, 0.5) is 8.78 Å². The largest absolute Gasteiger partial charge is 0.508 e. The van der Waals surface area contributed by atoms with Crippen LogP contribution in [-0.4, -0.2) is 22.4 Å². The molecule has 0 heterocycles. The fourth-order valence-corrected chi connectivity index (χ4v) is 0.951. The average molecular weight is 189 g/mol. The van der Waals surface area contributed by atoms with Gasteiger partial charge in [-0.25, -0.2) is 8.78 Å². The van der Waals surface area contributed by atoms with Gasteiger partial charge in [-0.1, -0.05) is 0 Å². The van der Waals surface area contributed by atoms with Crippen LogP contribution in [0.5, 0.6) is 5.75 Å². The van der Waals surface area contributed by atoms with Gasteiger partial charge in [-0.15, -0.1) is 0 Å². The number of benzene rings is 1. The van der Waals surface area contributed by atoms with Crippen LogP contribution in [0, 0.1) is 11.6 Å². The van der Waals surface area contributed by atoms with Gasteiger partial charge >= 0.3 is 0 Å². The minimum atomic E-state index is -1.11. The Hall–Kier alpha value is -1.20. The smallest absolute Gasteiger partial charge is 0.162 e. The van der Waals surface area contributed by atoms with Crippen LogP contribution >= 0.6 is 0 Å². The summed E-state index contributed by atoms with van der Waals surface area (Å²) >= 11 is 0. The number of hydrogen-bond donors (Lipinski definition) is 2. The third kappa shape index (κ3) is 2.37. The maximum atomic E-state index is 12.6. The lowest BCUT2D eigenvalue weighted by atomic mass is 10.2. The van der Waals surface area contributed by atoms with Crippen molar-refractivity contribution in [1.29, 1.82) is 0 Å². The Morgan fingerprint density at radius 2 is 1.85 bits per heavy atom. The number of rotatable bonds is 2. The number of nitrogens with zero attached hydrogens (tertiary/aromatic N) is 1. The van der Waals surface area contributed by atoms with Crippen LogP contribution in [0.1, 0.15) is 5.56 Å². The monoisotopic (exact) mass is 189 g/mol. The van der Waals surface area contributed by atoms with E-state index in [0.29, 0.717) is 6.07 Å². The van der Waals surface area contributed by atoms with Crippen LogP contribution < -0.4 is 0 Å². The fourth-order valence-electron chi connectivity index (χ4n) is 0.951. The third-order valence-corrected chi connectivity index (χ3v) is 1.52. The lowest BCUT2D eigenvalue weighted by Crippen LogP contribution is -2.12. The Morgan fingerprint density at radius 3 is 2.38 bits per heavy atom. The molecule has 0 saturated heterocycles. The minimum absolute atomic E-state index is 0.0664. The van der Waals surface area contributed by atoms with E-state index < -0.39 is 11.6 Å². The van der Waals surface area contributed by atoms with Crippen LogP contribution in [0.2, 0.25) is 0 Å². The van der Waals surface area contributed by atoms with Gasteiger partial charge < -0.3 is 10.3 Å². The number of phenolic OH excluding ortho intramolecular Hbond substituents is 1. The highest BCUT2D eigenvalue weighted by Gasteiger charge is 2.09. The molecule has 1 aromatic carbocycles. The van der Waals surface area contributed by atoms with Crippen molar-refractivity contribution in [3.8, 4) is 5.75 Å². The Kier molecular flexibility index (Phi) is 2.79. The summed E-state index contributed by atoms with van der Waals surface area (Å²) in [5.74, 6) is -2.53. The summed E-state index contributed by atoms with van der Waals surface area (Å²) in [6.07, 6.45) is 0. The molecule has 0 bridgehead atoms. The Bertz CT molecular complexity index is 315. The van der Waals surface area contributed by atoms with Gasteiger partial charge in [0, 0.05) is 18.7 Å². The summed E-state index contributed by atoms with van der Waals surface area (Å²) in [5, 5.41) is 18.7. The van der Waals surface area contributed by atoms with Gasteiger partial charge in [0.2, 0.25) is 0 Å². The van der Waals surface area contributed by atoms with Crippen LogP contribution in [0.25, 0.3) is 0 Å². The molecule has 3 nitrogen and oxygen atoms in total. The van der Waals surface area contributed by atoms with Crippen molar-refractivity contribution in [2.24, 2.45) is 0 Å². The standard InChI is InChI=1S/C8H9F2NO2/c1-11(13)4-5-2-6(9)7(10)3-8(5)12/h2-3,12-13H,4H2,1H3. The average Bonchev–Trinajstić information content (AvgIpc) is 1.99. The van der Waals surface area contributed by atoms with Gasteiger partial charge in [0.05, 0.1) is 6.54 Å². The first kappa shape index (κ1) is 9.88. The quantitative estimate of drug-likeness (QED) is 0.693. The number of hydrogen-bond acceptors (Lipinski definition) is 3. The molecule has 72 valence electrons. The maximum Gasteiger partial charge on any atom is 0.162 e. The van der Waals surface area contributed by atoms with E-state index in [0.717, 1.165) is 11.1 Å². The second kappa shape index (κ2) is 3.68. The van der Waals surface area contributed by atoms with Crippen molar-refractivity contribution in [3.05, 3.63) is 29.3 Å². The van der Waals surface area contributed by atoms with Crippen LogP contribution in [-0.2, 0) is 6.54 Å². The van der Waals surface area contributed by atoms with Crippen molar-refractivity contribution in [3.63, 3.8) is 0 Å². The molecule has 1 aromatic rings. The number of halogens is 2. The molecule has 0 amide bonds. The number of phenols is 1. The van der Waals surface area contributed by atoms with Crippen LogP contribution in [0.15, 0.2) is 12.1 Å². The van der Waals surface area contributed by atoms with E-state index in [2.05, 4.69) is 0 Å². The molecule has 5 heteroatoms. The molecule has 13 heavy (non-hydrogen) atoms. The van der Waals surface area contributed by atoms with E-state index in [1.807, 2.05) is 0 Å². The van der Waals surface area contributed by atoms with E-state index in [1.165, 1.54) is 7.05 Å². The molecule has 0 unspecified atom stereocenters. The molecule has 2 N–H and O–H groups in total. The van der Waals surface area contributed by atoms with Crippen molar-refractivity contribution < 1.29 is 19.1 Å². The fraction of sp³-hybridized carbons (Fsp3) is 0.250. The van der Waals surface area contributed by atoms with Crippen molar-refractivity contribution in [2.75, 3.05) is 7.05 Å². The molecule has 0 saturated carbocycles. The topological polar surface area (TPSA) is 43.7 Å². The van der Waals surface area contributed by atoms with Gasteiger partial charge in [-0.05, 0) is 6.07 Å². The van der Waals surface area contributed by atoms with Gasteiger partial charge in [0.1, 0.15) is 5.75 Å². The zero-order chi connectivity index (χ0) is 10.0. The molecule has 0 aliphatic carbocycles. The van der Waals surface area contributed by atoms with Gasteiger partial charge in [0.25, 0.3) is 0 Å². The SMILES string of the molecule is CN(O)Cc1cc(F)c(F)cc1O. The molecular weight excluding hydrogens is 180 g/mol. The Morgan fingerprint density at radius 1 is 1.31 bits per heavy atom. The van der Waals surface area contributed by atoms with Crippen LogP contribution in [0.3, 0.4) is 0 Å². The molecular formula is C8H9F2NO2. The molecule has 1 rings (SSSR count). The number of hydroxylamine groups is 2. The highest BCUT2D eigenvalue weighted by atomic mass is 19.2. The van der Waals surface area contributed by atoms with Gasteiger partial charge in [-0.2, -0.15) is 5.06 Å². The first-order valence-electron chi connectivity index (χ1n) is 3.57. The summed E-state index contributed by atoms with van der Waals surface area (Å²) < 4.78 is 25.1. The molecule has 0 aliphatic heterocycles. The van der Waals surface area contributed by atoms with Crippen molar-refractivity contribution >= 4 is 0 Å². The lowest BCUT2D eigenvalue weighted by Gasteiger charge is -2.09. The zero-order valence-electron chi connectivity index (χ0n) is 6.96. The number of aromatic hydroxyl groups is 1. The lowest BCUT2D eigenvalue weighted by molar-refractivity contribution is -0.0736. The highest BCUT2D eigenvalue weighted by Crippen LogP contribution is 2.21. The zero-order valence-corrected chi connectivity index (χ0v) is 6.96. The first-order chi connectivity index (χ1) is 6.00. The maximum absolute atomic E-state index is 12.6. The predicted octanol–water partition coefficient (Wildman–Crippen LogP) is 1.49. The van der Waals surface area contributed by atoms with E-state index in [4.69, 9.17) is 10.3 Å². The molecule has 0 aromatic heterocycles. The van der Waals surface area contributed by atoms with Crippen molar-refractivity contribution in [1.82, 2.24) is 5.06 Å². The summed E-state index contributed by atoms with van der Waals surface area (Å²) in [7, 11) is 1.33. The van der Waals surface area contributed by atoms with Crippen molar-refractivity contribution in [2.45, 2.75) is 6.54 Å². The van der Waals surface area contributed by atoms with E-state index in [9.17, 15) is 8.78 Å². The summed E-state index contributed by atoms with van der Waals surface area (Å²) in [5.41, 5.74) is 0.129. The van der Waals surface area contributed by atoms with Gasteiger partial charge in [0.15, 0.2) is 11.6 Å². The molecule has 0 spiro atoms. The Balaban J connectivity index is 3.01. The first-order valence-corrected chi connectivity index (χ1v) is 3.57. The molecule has 0 radical (unpaired) electrons. The second-order valence-corrected chi connectivity index (χ2v) is 2.71. The van der Waals surface area contributed by atoms with E-state index in [-0.39, 0.29) is 17.9 Å². The summed E-state index contributed by atoms with van der Waals surface area (Å²) in [4.78, 5) is 0. The predicted molar refractivity (Wildman–Crippen MR) is 41.3 cm³/mol. The van der Waals surface area contributed by atoms with E-state index >= 15 is 0 Å². The molecule has 0 fully saturated rings. The summed E-state index contributed by atoms with van der Waals surface area (Å²) in [6.45, 7) is -0.0664. The Labute approximate surface area is 73.8 Å². The minimum Gasteiger partial charge on any atom is -0.508 e. The second-order valence-electron chi connectivity index (χ2n) is 2.71. The van der Waals surface area contributed by atoms with E-state index in [1.54, 1.807) is 0 Å². The molecule has 0 aliphatic rings. The summed E-state index contributed by atoms with van der Waals surface area (Å²) in [6, 6.07) is 1.52. The highest BCUT2D eigenvalue weighted by molar-refractivity contribution is 5.33. The third-order valence-electron chi connectivity index (χ3n) is 1.52. The molecule has 0 atom stereocenters. The van der Waals surface area contributed by atoms with Gasteiger partial charge in [-0.3, -0.25) is 0 Å². The normalized spacial score (nSPS) is 10.8.